The average molecular weight is 316 g/mol. The fraction of sp³-hybridized carbons (Fsp3) is 0.238. The largest absolute Gasteiger partial charge is 0.308 e. The second-order valence-corrected chi connectivity index (χ2v) is 6.60. The van der Waals surface area contributed by atoms with E-state index in [1.807, 2.05) is 53.4 Å². The van der Waals surface area contributed by atoms with E-state index >= 15 is 0 Å². The van der Waals surface area contributed by atoms with Crippen molar-refractivity contribution in [1.82, 2.24) is 4.98 Å². The van der Waals surface area contributed by atoms with Crippen molar-refractivity contribution >= 4 is 22.5 Å². The van der Waals surface area contributed by atoms with Crippen LogP contribution in [-0.4, -0.2) is 17.4 Å². The number of hydrogen-bond acceptors (Lipinski definition) is 2. The summed E-state index contributed by atoms with van der Waals surface area (Å²) in [5.41, 5.74) is 4.88. The zero-order valence-electron chi connectivity index (χ0n) is 14.0. The van der Waals surface area contributed by atoms with Crippen LogP contribution in [0.5, 0.6) is 0 Å². The number of anilines is 1. The number of hydrogen-bond donors (Lipinski definition) is 0. The average Bonchev–Trinajstić information content (AvgIpc) is 3.04. The Balaban J connectivity index is 1.86. The number of fused-ring (bicyclic) bond motifs is 2. The molecule has 24 heavy (non-hydrogen) atoms. The molecule has 0 aliphatic carbocycles. The Labute approximate surface area is 141 Å². The number of aromatic nitrogens is 1. The molecule has 0 N–H and O–H groups in total. The van der Waals surface area contributed by atoms with Crippen LogP contribution < -0.4 is 4.90 Å². The molecule has 0 atom stereocenters. The van der Waals surface area contributed by atoms with E-state index in [1.54, 1.807) is 0 Å². The smallest absolute Gasteiger partial charge is 0.259 e. The third-order valence-electron chi connectivity index (χ3n) is 4.69. The van der Waals surface area contributed by atoms with Crippen molar-refractivity contribution in [3.63, 3.8) is 0 Å². The summed E-state index contributed by atoms with van der Waals surface area (Å²) in [5.74, 6) is 0.354. The van der Waals surface area contributed by atoms with E-state index < -0.39 is 0 Å². The van der Waals surface area contributed by atoms with E-state index in [1.165, 1.54) is 5.56 Å². The first kappa shape index (κ1) is 14.9. The van der Waals surface area contributed by atoms with Crippen molar-refractivity contribution in [2.75, 3.05) is 11.4 Å². The van der Waals surface area contributed by atoms with Gasteiger partial charge in [-0.3, -0.25) is 9.78 Å². The van der Waals surface area contributed by atoms with Gasteiger partial charge in [-0.25, -0.2) is 0 Å². The maximum absolute atomic E-state index is 13.3. The molecular weight excluding hydrogens is 296 g/mol. The Hall–Kier alpha value is -2.68. The normalized spacial score (nSPS) is 13.5. The van der Waals surface area contributed by atoms with Gasteiger partial charge in [-0.15, -0.1) is 0 Å². The predicted octanol–water partition coefficient (Wildman–Crippen LogP) is 4.56. The summed E-state index contributed by atoms with van der Waals surface area (Å²) in [6.07, 6.45) is 0.919. The third kappa shape index (κ3) is 2.37. The van der Waals surface area contributed by atoms with E-state index in [2.05, 4.69) is 19.9 Å². The van der Waals surface area contributed by atoms with Crippen molar-refractivity contribution in [2.45, 2.75) is 26.2 Å². The van der Waals surface area contributed by atoms with Gasteiger partial charge in [0.25, 0.3) is 5.91 Å². The van der Waals surface area contributed by atoms with Crippen LogP contribution in [0.2, 0.25) is 0 Å². The molecular formula is C21H20N2O. The first-order valence-electron chi connectivity index (χ1n) is 8.44. The Morgan fingerprint density at radius 3 is 2.67 bits per heavy atom. The minimum atomic E-state index is 0.0699. The SMILES string of the molecule is CC(C)c1cc(C(=O)N2CCc3ccccc32)c2ccccc2n1. The molecule has 0 unspecified atom stereocenters. The van der Waals surface area contributed by atoms with Crippen LogP contribution in [0, 0.1) is 0 Å². The molecule has 0 fully saturated rings. The van der Waals surface area contributed by atoms with E-state index in [0.717, 1.165) is 40.8 Å². The number of pyridine rings is 1. The molecule has 3 nitrogen and oxygen atoms in total. The maximum atomic E-state index is 13.3. The van der Waals surface area contributed by atoms with Gasteiger partial charge in [0.1, 0.15) is 0 Å². The summed E-state index contributed by atoms with van der Waals surface area (Å²) in [5, 5.41) is 0.927. The van der Waals surface area contributed by atoms with Crippen LogP contribution in [0.1, 0.15) is 41.4 Å². The number of amides is 1. The highest BCUT2D eigenvalue weighted by atomic mass is 16.2. The summed E-state index contributed by atoms with van der Waals surface area (Å²) in [7, 11) is 0. The van der Waals surface area contributed by atoms with Crippen molar-refractivity contribution in [2.24, 2.45) is 0 Å². The van der Waals surface area contributed by atoms with Crippen molar-refractivity contribution in [3.8, 4) is 0 Å². The molecule has 0 spiro atoms. The molecule has 2 heterocycles. The zero-order valence-corrected chi connectivity index (χ0v) is 14.0. The van der Waals surface area contributed by atoms with Crippen molar-refractivity contribution < 1.29 is 4.79 Å². The zero-order chi connectivity index (χ0) is 16.7. The van der Waals surface area contributed by atoms with Crippen LogP contribution >= 0.6 is 0 Å². The molecule has 0 saturated carbocycles. The van der Waals surface area contributed by atoms with E-state index in [-0.39, 0.29) is 11.8 Å². The third-order valence-corrected chi connectivity index (χ3v) is 4.69. The molecule has 3 heteroatoms. The molecule has 1 aliphatic heterocycles. The summed E-state index contributed by atoms with van der Waals surface area (Å²) in [6, 6.07) is 18.0. The van der Waals surface area contributed by atoms with Crippen LogP contribution in [0.15, 0.2) is 54.6 Å². The molecule has 120 valence electrons. The van der Waals surface area contributed by atoms with Gasteiger partial charge in [0.05, 0.1) is 11.1 Å². The van der Waals surface area contributed by atoms with E-state index in [4.69, 9.17) is 4.98 Å². The van der Waals surface area contributed by atoms with Crippen LogP contribution in [-0.2, 0) is 6.42 Å². The lowest BCUT2D eigenvalue weighted by atomic mass is 10.0. The highest BCUT2D eigenvalue weighted by Gasteiger charge is 2.26. The number of benzene rings is 2. The van der Waals surface area contributed by atoms with Gasteiger partial charge in [0.2, 0.25) is 0 Å². The number of carbonyl (C=O) groups excluding carboxylic acids is 1. The fourth-order valence-electron chi connectivity index (χ4n) is 3.36. The molecule has 4 rings (SSSR count). The Bertz CT molecular complexity index is 930. The molecule has 1 aliphatic rings. The van der Waals surface area contributed by atoms with Gasteiger partial charge >= 0.3 is 0 Å². The molecule has 0 bridgehead atoms. The van der Waals surface area contributed by atoms with Crippen molar-refractivity contribution in [1.29, 1.82) is 0 Å². The lowest BCUT2D eigenvalue weighted by Gasteiger charge is -2.19. The monoisotopic (exact) mass is 316 g/mol. The maximum Gasteiger partial charge on any atom is 0.259 e. The summed E-state index contributed by atoms with van der Waals surface area (Å²) >= 11 is 0. The number of carbonyl (C=O) groups is 1. The standard InChI is InChI=1S/C21H20N2O/c1-14(2)19-13-17(16-8-4-5-9-18(16)22-19)21(24)23-12-11-15-7-3-6-10-20(15)23/h3-10,13-14H,11-12H2,1-2H3. The number of nitrogens with zero attached hydrogens (tertiary/aromatic N) is 2. The minimum Gasteiger partial charge on any atom is -0.308 e. The highest BCUT2D eigenvalue weighted by molar-refractivity contribution is 6.14. The van der Waals surface area contributed by atoms with Crippen LogP contribution in [0.25, 0.3) is 10.9 Å². The first-order chi connectivity index (χ1) is 11.6. The number of para-hydroxylation sites is 2. The first-order valence-corrected chi connectivity index (χ1v) is 8.44. The van der Waals surface area contributed by atoms with Gasteiger partial charge in [-0.05, 0) is 36.1 Å². The molecule has 1 amide bonds. The molecule has 3 aromatic rings. The highest BCUT2D eigenvalue weighted by Crippen LogP contribution is 2.31. The molecule has 2 aromatic carbocycles. The van der Waals surface area contributed by atoms with E-state index in [0.29, 0.717) is 0 Å². The van der Waals surface area contributed by atoms with Gasteiger partial charge in [-0.2, -0.15) is 0 Å². The molecule has 1 aromatic heterocycles. The van der Waals surface area contributed by atoms with Gasteiger partial charge < -0.3 is 4.90 Å². The summed E-state index contributed by atoms with van der Waals surface area (Å²) in [6.45, 7) is 4.96. The molecule has 0 radical (unpaired) electrons. The number of rotatable bonds is 2. The molecule has 0 saturated heterocycles. The van der Waals surface area contributed by atoms with Gasteiger partial charge in [0, 0.05) is 23.3 Å². The predicted molar refractivity (Wildman–Crippen MR) is 97.7 cm³/mol. The summed E-state index contributed by atoms with van der Waals surface area (Å²) < 4.78 is 0. The fourth-order valence-corrected chi connectivity index (χ4v) is 3.36. The van der Waals surface area contributed by atoms with E-state index in [9.17, 15) is 4.79 Å². The Kier molecular flexibility index (Phi) is 3.57. The van der Waals surface area contributed by atoms with Gasteiger partial charge in [0.15, 0.2) is 0 Å². The Morgan fingerprint density at radius 1 is 1.08 bits per heavy atom. The van der Waals surface area contributed by atoms with Gasteiger partial charge in [-0.1, -0.05) is 50.2 Å². The minimum absolute atomic E-state index is 0.0699. The Morgan fingerprint density at radius 2 is 1.83 bits per heavy atom. The van der Waals surface area contributed by atoms with Crippen molar-refractivity contribution in [3.05, 3.63) is 71.4 Å². The lowest BCUT2D eigenvalue weighted by Crippen LogP contribution is -2.29. The quantitative estimate of drug-likeness (QED) is 0.694. The summed E-state index contributed by atoms with van der Waals surface area (Å²) in [4.78, 5) is 19.9. The lowest BCUT2D eigenvalue weighted by molar-refractivity contribution is 0.0991. The second kappa shape index (κ2) is 5.75. The second-order valence-electron chi connectivity index (χ2n) is 6.60. The topological polar surface area (TPSA) is 33.2 Å². The van der Waals surface area contributed by atoms with Crippen LogP contribution in [0.3, 0.4) is 0 Å². The van der Waals surface area contributed by atoms with Crippen LogP contribution in [0.4, 0.5) is 5.69 Å².